The fourth-order valence-corrected chi connectivity index (χ4v) is 4.28. The number of hydrogen-bond acceptors (Lipinski definition) is 6. The Balaban J connectivity index is 1.74. The Morgan fingerprint density at radius 3 is 2.73 bits per heavy atom. The van der Waals surface area contributed by atoms with Crippen LogP contribution < -0.4 is 14.3 Å². The topological polar surface area (TPSA) is 57.3 Å². The number of rotatable bonds is 7. The number of thiazole rings is 1. The van der Waals surface area contributed by atoms with Crippen LogP contribution in [0.4, 0.5) is 0 Å². The highest BCUT2D eigenvalue weighted by atomic mass is 32.1. The second-order valence-corrected chi connectivity index (χ2v) is 7.72. The minimum Gasteiger partial charge on any atom is -0.493 e. The van der Waals surface area contributed by atoms with E-state index >= 15 is 0 Å². The van der Waals surface area contributed by atoms with Crippen molar-refractivity contribution in [3.05, 3.63) is 64.3 Å². The molecular formula is C23H25N3O3S. The van der Waals surface area contributed by atoms with Crippen LogP contribution >= 0.6 is 11.3 Å². The molecule has 1 aliphatic rings. The Hall–Kier alpha value is -2.90. The molecule has 4 rings (SSSR count). The van der Waals surface area contributed by atoms with E-state index in [9.17, 15) is 0 Å². The lowest BCUT2D eigenvalue weighted by Crippen LogP contribution is -2.17. The summed E-state index contributed by atoms with van der Waals surface area (Å²) in [7, 11) is 3.26. The second kappa shape index (κ2) is 9.73. The summed E-state index contributed by atoms with van der Waals surface area (Å²) in [5.41, 5.74) is 2.91. The van der Waals surface area contributed by atoms with Crippen molar-refractivity contribution in [2.24, 2.45) is 10.1 Å². The molecule has 0 saturated carbocycles. The highest BCUT2D eigenvalue weighted by molar-refractivity contribution is 7.07. The highest BCUT2D eigenvalue weighted by Crippen LogP contribution is 2.29. The lowest BCUT2D eigenvalue weighted by Gasteiger charge is -2.10. The van der Waals surface area contributed by atoms with Crippen molar-refractivity contribution in [3.63, 3.8) is 0 Å². The van der Waals surface area contributed by atoms with Gasteiger partial charge in [-0.15, -0.1) is 11.3 Å². The van der Waals surface area contributed by atoms with Crippen LogP contribution in [0, 0.1) is 0 Å². The Morgan fingerprint density at radius 1 is 1.13 bits per heavy atom. The zero-order valence-electron chi connectivity index (χ0n) is 17.2. The highest BCUT2D eigenvalue weighted by Gasteiger charge is 2.15. The Labute approximate surface area is 180 Å². The van der Waals surface area contributed by atoms with Crippen LogP contribution in [0.2, 0.25) is 0 Å². The first-order chi connectivity index (χ1) is 14.8. The third-order valence-corrected chi connectivity index (χ3v) is 5.81. The Morgan fingerprint density at radius 2 is 2.00 bits per heavy atom. The van der Waals surface area contributed by atoms with Gasteiger partial charge in [-0.3, -0.25) is 4.99 Å². The van der Waals surface area contributed by atoms with E-state index < -0.39 is 0 Å². The first kappa shape index (κ1) is 20.4. The maximum atomic E-state index is 5.72. The Kier molecular flexibility index (Phi) is 6.61. The van der Waals surface area contributed by atoms with Crippen LogP contribution in [-0.4, -0.2) is 44.4 Å². The molecule has 0 aliphatic carbocycles. The number of hydrogen-bond donors (Lipinski definition) is 0. The van der Waals surface area contributed by atoms with Gasteiger partial charge in [-0.2, -0.15) is 5.10 Å². The predicted octanol–water partition coefficient (Wildman–Crippen LogP) is 4.20. The summed E-state index contributed by atoms with van der Waals surface area (Å²) < 4.78 is 18.5. The third-order valence-electron chi connectivity index (χ3n) is 4.95. The third kappa shape index (κ3) is 4.47. The summed E-state index contributed by atoms with van der Waals surface area (Å²) in [6, 6.07) is 15.9. The van der Waals surface area contributed by atoms with Crippen molar-refractivity contribution < 1.29 is 14.2 Å². The molecule has 0 spiro atoms. The van der Waals surface area contributed by atoms with Gasteiger partial charge in [0, 0.05) is 23.1 Å². The van der Waals surface area contributed by atoms with Gasteiger partial charge in [-0.25, -0.2) is 4.68 Å². The summed E-state index contributed by atoms with van der Waals surface area (Å²) in [6.07, 6.45) is 4.15. The molecule has 156 valence electrons. The second-order valence-electron chi connectivity index (χ2n) is 6.88. The van der Waals surface area contributed by atoms with Gasteiger partial charge in [0.05, 0.1) is 38.8 Å². The lowest BCUT2D eigenvalue weighted by molar-refractivity contribution is 0.117. The maximum Gasteiger partial charge on any atom is 0.206 e. The molecule has 0 unspecified atom stereocenters. The summed E-state index contributed by atoms with van der Waals surface area (Å²) in [5.74, 6) is 1.32. The van der Waals surface area contributed by atoms with Gasteiger partial charge in [-0.1, -0.05) is 36.4 Å². The van der Waals surface area contributed by atoms with E-state index in [0.29, 0.717) is 18.0 Å². The van der Waals surface area contributed by atoms with Crippen molar-refractivity contribution in [1.82, 2.24) is 4.68 Å². The quantitative estimate of drug-likeness (QED) is 0.535. The average Bonchev–Trinajstić information content (AvgIpc) is 3.46. The van der Waals surface area contributed by atoms with Crippen molar-refractivity contribution in [1.29, 1.82) is 0 Å². The van der Waals surface area contributed by atoms with Crippen LogP contribution in [0.5, 0.6) is 11.5 Å². The molecule has 30 heavy (non-hydrogen) atoms. The van der Waals surface area contributed by atoms with Crippen LogP contribution in [-0.2, 0) is 4.74 Å². The van der Waals surface area contributed by atoms with Crippen molar-refractivity contribution in [2.45, 2.75) is 18.9 Å². The van der Waals surface area contributed by atoms with Gasteiger partial charge in [-0.05, 0) is 25.0 Å². The minimum absolute atomic E-state index is 0.197. The van der Waals surface area contributed by atoms with Gasteiger partial charge in [0.15, 0.2) is 11.5 Å². The summed E-state index contributed by atoms with van der Waals surface area (Å²) in [5, 5.41) is 6.86. The summed E-state index contributed by atoms with van der Waals surface area (Å²) in [6.45, 7) is 1.47. The molecule has 6 nitrogen and oxygen atoms in total. The zero-order chi connectivity index (χ0) is 20.8. The van der Waals surface area contributed by atoms with E-state index in [2.05, 4.69) is 17.5 Å². The van der Waals surface area contributed by atoms with Crippen molar-refractivity contribution in [3.8, 4) is 22.8 Å². The molecule has 0 bridgehead atoms. The van der Waals surface area contributed by atoms with E-state index in [0.717, 1.165) is 41.1 Å². The smallest absolute Gasteiger partial charge is 0.206 e. The maximum absolute atomic E-state index is 5.72. The van der Waals surface area contributed by atoms with Crippen LogP contribution in [0.25, 0.3) is 11.3 Å². The zero-order valence-corrected chi connectivity index (χ0v) is 18.0. The van der Waals surface area contributed by atoms with Crippen molar-refractivity contribution in [2.75, 3.05) is 27.4 Å². The monoisotopic (exact) mass is 423 g/mol. The van der Waals surface area contributed by atoms with Gasteiger partial charge >= 0.3 is 0 Å². The molecule has 3 aromatic rings. The molecule has 7 heteroatoms. The Bertz CT molecular complexity index is 1070. The first-order valence-electron chi connectivity index (χ1n) is 9.93. The van der Waals surface area contributed by atoms with E-state index in [4.69, 9.17) is 24.3 Å². The SMILES string of the molecule is COc1cccc(/C=N\n2c(-c3ccccc3)csc2=NC[C@@H]2CCCO2)c1OC. The molecule has 0 N–H and O–H groups in total. The first-order valence-corrected chi connectivity index (χ1v) is 10.8. The standard InChI is InChI=1S/C23H25N3O3S/c1-27-21-12-6-10-18(22(21)28-2)14-25-26-20(17-8-4-3-5-9-17)16-30-23(26)24-15-19-11-7-13-29-19/h3-6,8-10,12,14,16,19H,7,11,13,15H2,1-2H3/b24-23?,25-14-/t19-/m0/s1. The minimum atomic E-state index is 0.197. The number of aromatic nitrogens is 1. The fraction of sp³-hybridized carbons (Fsp3) is 0.304. The van der Waals surface area contributed by atoms with Gasteiger partial charge < -0.3 is 14.2 Å². The van der Waals surface area contributed by atoms with Gasteiger partial charge in [0.25, 0.3) is 0 Å². The molecule has 1 aromatic heterocycles. The van der Waals surface area contributed by atoms with E-state index in [-0.39, 0.29) is 6.10 Å². The summed E-state index contributed by atoms with van der Waals surface area (Å²) >= 11 is 1.58. The number of ether oxygens (including phenoxy) is 3. The number of para-hydroxylation sites is 1. The molecule has 1 atom stereocenters. The van der Waals surface area contributed by atoms with E-state index in [1.807, 2.05) is 41.1 Å². The van der Waals surface area contributed by atoms with E-state index in [1.165, 1.54) is 0 Å². The molecule has 1 saturated heterocycles. The van der Waals surface area contributed by atoms with Crippen molar-refractivity contribution >= 4 is 17.6 Å². The molecule has 0 amide bonds. The largest absolute Gasteiger partial charge is 0.493 e. The molecule has 1 aliphatic heterocycles. The molecule has 2 heterocycles. The predicted molar refractivity (Wildman–Crippen MR) is 120 cm³/mol. The normalized spacial score (nSPS) is 17.0. The number of benzene rings is 2. The van der Waals surface area contributed by atoms with Crippen LogP contribution in [0.15, 0.2) is 64.0 Å². The summed E-state index contributed by atoms with van der Waals surface area (Å²) in [4.78, 5) is 5.65. The fourth-order valence-electron chi connectivity index (χ4n) is 3.43. The van der Waals surface area contributed by atoms with Crippen LogP contribution in [0.3, 0.4) is 0 Å². The van der Waals surface area contributed by atoms with Gasteiger partial charge in [0.2, 0.25) is 4.80 Å². The van der Waals surface area contributed by atoms with Gasteiger partial charge in [0.1, 0.15) is 0 Å². The molecule has 2 aromatic carbocycles. The number of methoxy groups -OCH3 is 2. The average molecular weight is 424 g/mol. The van der Waals surface area contributed by atoms with E-state index in [1.54, 1.807) is 31.8 Å². The molecular weight excluding hydrogens is 398 g/mol. The number of nitrogens with zero attached hydrogens (tertiary/aromatic N) is 3. The lowest BCUT2D eigenvalue weighted by atomic mass is 10.2. The molecule has 1 fully saturated rings. The molecule has 0 radical (unpaired) electrons. The van der Waals surface area contributed by atoms with Crippen LogP contribution in [0.1, 0.15) is 18.4 Å².